The molecule has 4 heterocycles. The molecule has 2 atom stereocenters. The van der Waals surface area contributed by atoms with Gasteiger partial charge in [-0.15, -0.1) is 5.10 Å². The van der Waals surface area contributed by atoms with E-state index >= 15 is 0 Å². The summed E-state index contributed by atoms with van der Waals surface area (Å²) < 4.78 is 15.9. The molecule has 2 aliphatic rings. The van der Waals surface area contributed by atoms with Gasteiger partial charge in [0.2, 0.25) is 0 Å². The summed E-state index contributed by atoms with van der Waals surface area (Å²) in [6.45, 7) is 2.39. The maximum absolute atomic E-state index is 13.9. The summed E-state index contributed by atoms with van der Waals surface area (Å²) >= 11 is 0. The van der Waals surface area contributed by atoms with Gasteiger partial charge < -0.3 is 15.5 Å². The van der Waals surface area contributed by atoms with Gasteiger partial charge in [0.25, 0.3) is 0 Å². The smallest absolute Gasteiger partial charge is 0.159 e. The van der Waals surface area contributed by atoms with Gasteiger partial charge >= 0.3 is 0 Å². The SMILES string of the molecule is Fc1ccccc1CNc1cc(-n2nc(N3CC4CC3CN4)c3ccccc32)ccn1. The summed E-state index contributed by atoms with van der Waals surface area (Å²) in [6.07, 6.45) is 2.94. The Balaban J connectivity index is 1.34. The topological polar surface area (TPSA) is 58.0 Å². The predicted molar refractivity (Wildman–Crippen MR) is 120 cm³/mol. The first-order valence-electron chi connectivity index (χ1n) is 10.7. The Morgan fingerprint density at radius 1 is 1.10 bits per heavy atom. The highest BCUT2D eigenvalue weighted by Gasteiger charge is 2.39. The number of fused-ring (bicyclic) bond motifs is 3. The molecule has 7 heteroatoms. The zero-order valence-corrected chi connectivity index (χ0v) is 17.0. The van der Waals surface area contributed by atoms with Crippen molar-refractivity contribution in [3.8, 4) is 5.69 Å². The highest BCUT2D eigenvalue weighted by Crippen LogP contribution is 2.35. The first-order valence-corrected chi connectivity index (χ1v) is 10.7. The molecule has 0 saturated carbocycles. The van der Waals surface area contributed by atoms with E-state index in [4.69, 9.17) is 5.10 Å². The number of hydrogen-bond donors (Lipinski definition) is 2. The summed E-state index contributed by atoms with van der Waals surface area (Å²) in [5.74, 6) is 1.51. The molecule has 2 aromatic heterocycles. The molecule has 0 aliphatic carbocycles. The summed E-state index contributed by atoms with van der Waals surface area (Å²) in [5.41, 5.74) is 2.61. The average molecular weight is 414 g/mol. The molecule has 0 amide bonds. The number of nitrogens with zero attached hydrogens (tertiary/aromatic N) is 4. The number of anilines is 2. The van der Waals surface area contributed by atoms with Crippen LogP contribution in [0.2, 0.25) is 0 Å². The monoisotopic (exact) mass is 414 g/mol. The maximum atomic E-state index is 13.9. The van der Waals surface area contributed by atoms with Crippen LogP contribution >= 0.6 is 0 Å². The zero-order valence-electron chi connectivity index (χ0n) is 17.0. The predicted octanol–water partition coefficient (Wildman–Crippen LogP) is 3.72. The molecular weight excluding hydrogens is 391 g/mol. The number of hydrogen-bond acceptors (Lipinski definition) is 5. The molecule has 4 aromatic rings. The van der Waals surface area contributed by atoms with Crippen LogP contribution in [0.25, 0.3) is 16.6 Å². The lowest BCUT2D eigenvalue weighted by molar-refractivity contribution is 0.575. The fourth-order valence-electron chi connectivity index (χ4n) is 4.75. The van der Waals surface area contributed by atoms with E-state index in [1.807, 2.05) is 28.9 Å². The lowest BCUT2D eigenvalue weighted by atomic mass is 10.2. The summed E-state index contributed by atoms with van der Waals surface area (Å²) in [5, 5.41) is 13.0. The summed E-state index contributed by atoms with van der Waals surface area (Å²) in [7, 11) is 0. The molecule has 2 saturated heterocycles. The highest BCUT2D eigenvalue weighted by molar-refractivity contribution is 5.92. The molecule has 31 heavy (non-hydrogen) atoms. The number of rotatable bonds is 5. The number of para-hydroxylation sites is 1. The van der Waals surface area contributed by atoms with Crippen LogP contribution < -0.4 is 15.5 Å². The van der Waals surface area contributed by atoms with Gasteiger partial charge in [0.15, 0.2) is 5.82 Å². The summed E-state index contributed by atoms with van der Waals surface area (Å²) in [6, 6.07) is 20.1. The molecule has 6 nitrogen and oxygen atoms in total. The minimum atomic E-state index is -0.219. The lowest BCUT2D eigenvalue weighted by Crippen LogP contribution is -2.43. The van der Waals surface area contributed by atoms with Crippen LogP contribution in [-0.2, 0) is 6.54 Å². The van der Waals surface area contributed by atoms with Crippen molar-refractivity contribution in [2.75, 3.05) is 23.3 Å². The van der Waals surface area contributed by atoms with Gasteiger partial charge in [0.05, 0.1) is 11.2 Å². The van der Waals surface area contributed by atoms with E-state index in [0.717, 1.165) is 35.5 Å². The van der Waals surface area contributed by atoms with Crippen molar-refractivity contribution in [3.05, 3.63) is 78.2 Å². The molecular formula is C24H23FN6. The van der Waals surface area contributed by atoms with Gasteiger partial charge in [-0.25, -0.2) is 14.1 Å². The second kappa shape index (κ2) is 7.35. The Bertz CT molecular complexity index is 1250. The Morgan fingerprint density at radius 2 is 1.97 bits per heavy atom. The molecule has 2 bridgehead atoms. The third kappa shape index (κ3) is 3.21. The van der Waals surface area contributed by atoms with E-state index in [1.165, 1.54) is 12.5 Å². The van der Waals surface area contributed by atoms with E-state index in [9.17, 15) is 4.39 Å². The molecule has 0 spiro atoms. The van der Waals surface area contributed by atoms with Crippen LogP contribution in [-0.4, -0.2) is 39.9 Å². The Morgan fingerprint density at radius 3 is 2.81 bits per heavy atom. The maximum Gasteiger partial charge on any atom is 0.159 e. The standard InChI is InChI=1S/C24H23FN6/c25-21-7-3-1-5-16(21)13-28-23-12-18(9-10-26-23)31-22-8-4-2-6-20(22)24(29-31)30-15-17-11-19(30)14-27-17/h1-10,12,17,19,27H,11,13-15H2,(H,26,28). The number of benzene rings is 2. The zero-order chi connectivity index (χ0) is 20.8. The van der Waals surface area contributed by atoms with Crippen molar-refractivity contribution < 1.29 is 4.39 Å². The third-order valence-electron chi connectivity index (χ3n) is 6.30. The van der Waals surface area contributed by atoms with Gasteiger partial charge in [-0.1, -0.05) is 30.3 Å². The van der Waals surface area contributed by atoms with E-state index in [-0.39, 0.29) is 5.82 Å². The van der Waals surface area contributed by atoms with Crippen molar-refractivity contribution >= 4 is 22.5 Å². The molecule has 156 valence electrons. The molecule has 2 N–H and O–H groups in total. The quantitative estimate of drug-likeness (QED) is 0.521. The molecule has 2 aromatic carbocycles. The minimum Gasteiger partial charge on any atom is -0.366 e. The van der Waals surface area contributed by atoms with Crippen LogP contribution in [0.3, 0.4) is 0 Å². The van der Waals surface area contributed by atoms with Crippen molar-refractivity contribution in [2.24, 2.45) is 0 Å². The Kier molecular flexibility index (Phi) is 4.35. The van der Waals surface area contributed by atoms with E-state index in [1.54, 1.807) is 18.3 Å². The average Bonchev–Trinajstić information content (AvgIpc) is 3.53. The fourth-order valence-corrected chi connectivity index (χ4v) is 4.75. The van der Waals surface area contributed by atoms with Crippen molar-refractivity contribution in [1.82, 2.24) is 20.1 Å². The van der Waals surface area contributed by atoms with Gasteiger partial charge in [-0.3, -0.25) is 0 Å². The van der Waals surface area contributed by atoms with Gasteiger partial charge in [-0.05, 0) is 30.7 Å². The van der Waals surface area contributed by atoms with Gasteiger partial charge in [-0.2, -0.15) is 0 Å². The number of nitrogens with one attached hydrogen (secondary N) is 2. The van der Waals surface area contributed by atoms with E-state index in [0.29, 0.717) is 30.0 Å². The van der Waals surface area contributed by atoms with Crippen LogP contribution in [0.5, 0.6) is 0 Å². The Labute approximate surface area is 179 Å². The number of piperazine rings is 1. The normalized spacial score (nSPS) is 20.0. The first kappa shape index (κ1) is 18.3. The lowest BCUT2D eigenvalue weighted by Gasteiger charge is -2.27. The second-order valence-corrected chi connectivity index (χ2v) is 8.24. The fraction of sp³-hybridized carbons (Fsp3) is 0.250. The van der Waals surface area contributed by atoms with Crippen LogP contribution in [0.1, 0.15) is 12.0 Å². The third-order valence-corrected chi connectivity index (χ3v) is 6.30. The molecule has 6 rings (SSSR count). The first-order chi connectivity index (χ1) is 15.3. The van der Waals surface area contributed by atoms with E-state index in [2.05, 4.69) is 38.7 Å². The summed E-state index contributed by atoms with van der Waals surface area (Å²) in [4.78, 5) is 6.85. The Hall–Kier alpha value is -3.45. The van der Waals surface area contributed by atoms with Crippen molar-refractivity contribution in [3.63, 3.8) is 0 Å². The molecule has 0 radical (unpaired) electrons. The van der Waals surface area contributed by atoms with Crippen LogP contribution in [0.15, 0.2) is 66.9 Å². The molecule has 2 fully saturated rings. The largest absolute Gasteiger partial charge is 0.366 e. The van der Waals surface area contributed by atoms with Crippen molar-refractivity contribution in [2.45, 2.75) is 25.0 Å². The minimum absolute atomic E-state index is 0.219. The van der Waals surface area contributed by atoms with Gasteiger partial charge in [0.1, 0.15) is 11.6 Å². The van der Waals surface area contributed by atoms with Gasteiger partial charge in [0, 0.05) is 54.9 Å². The molecule has 2 unspecified atom stereocenters. The van der Waals surface area contributed by atoms with Crippen molar-refractivity contribution in [1.29, 1.82) is 0 Å². The number of aromatic nitrogens is 3. The highest BCUT2D eigenvalue weighted by atomic mass is 19.1. The second-order valence-electron chi connectivity index (χ2n) is 8.24. The van der Waals surface area contributed by atoms with Crippen LogP contribution in [0.4, 0.5) is 16.0 Å². The number of pyridine rings is 1. The molecule has 2 aliphatic heterocycles. The number of halogens is 1. The van der Waals surface area contributed by atoms with E-state index < -0.39 is 0 Å². The van der Waals surface area contributed by atoms with Crippen LogP contribution in [0, 0.1) is 5.82 Å².